The molecule has 5 nitrogen and oxygen atoms in total. The highest BCUT2D eigenvalue weighted by Crippen LogP contribution is 2.29. The summed E-state index contributed by atoms with van der Waals surface area (Å²) < 4.78 is 0. The molecule has 1 unspecified atom stereocenters. The van der Waals surface area contributed by atoms with Gasteiger partial charge in [-0.1, -0.05) is 0 Å². The van der Waals surface area contributed by atoms with Gasteiger partial charge in [0.15, 0.2) is 6.61 Å². The number of carbonyl (C=O) groups excluding carboxylic acids is 1. The van der Waals surface area contributed by atoms with Crippen molar-refractivity contribution in [3.63, 3.8) is 0 Å². The van der Waals surface area contributed by atoms with E-state index in [4.69, 9.17) is 4.84 Å². The van der Waals surface area contributed by atoms with Gasteiger partial charge in [-0.3, -0.25) is 15.1 Å². The third kappa shape index (κ3) is 2.72. The SMILES string of the molecule is CCN(CC)C(=O)CONC1=CN2CCC1C2. The standard InChI is InChI=1S/C12H21N3O2/c1-3-15(4-2)12(16)9-17-13-11-8-14-6-5-10(11)7-14/h8,10,13H,3-7,9H2,1-2H3. The molecule has 0 aromatic heterocycles. The Kier molecular flexibility index (Phi) is 3.89. The van der Waals surface area contributed by atoms with Crippen molar-refractivity contribution in [3.05, 3.63) is 11.9 Å². The monoisotopic (exact) mass is 239 g/mol. The third-order valence-electron chi connectivity index (χ3n) is 3.48. The molecule has 1 amide bonds. The number of fused-ring (bicyclic) bond motifs is 2. The zero-order valence-corrected chi connectivity index (χ0v) is 10.6. The zero-order chi connectivity index (χ0) is 12.3. The molecule has 1 fully saturated rings. The predicted molar refractivity (Wildman–Crippen MR) is 64.8 cm³/mol. The van der Waals surface area contributed by atoms with E-state index in [-0.39, 0.29) is 12.5 Å². The topological polar surface area (TPSA) is 44.8 Å². The van der Waals surface area contributed by atoms with Gasteiger partial charge in [-0.05, 0) is 20.3 Å². The molecule has 2 aliphatic heterocycles. The van der Waals surface area contributed by atoms with Gasteiger partial charge in [0.05, 0.1) is 5.70 Å². The molecule has 0 aromatic carbocycles. The summed E-state index contributed by atoms with van der Waals surface area (Å²) in [6.45, 7) is 7.76. The van der Waals surface area contributed by atoms with Crippen molar-refractivity contribution in [2.75, 3.05) is 32.8 Å². The van der Waals surface area contributed by atoms with Crippen LogP contribution in [0.5, 0.6) is 0 Å². The lowest BCUT2D eigenvalue weighted by Crippen LogP contribution is -2.35. The van der Waals surface area contributed by atoms with Gasteiger partial charge in [-0.25, -0.2) is 0 Å². The Morgan fingerprint density at radius 1 is 1.59 bits per heavy atom. The van der Waals surface area contributed by atoms with Crippen LogP contribution in [0.4, 0.5) is 0 Å². The minimum atomic E-state index is 0.0339. The van der Waals surface area contributed by atoms with Gasteiger partial charge in [0.2, 0.25) is 0 Å². The Balaban J connectivity index is 1.70. The van der Waals surface area contributed by atoms with Crippen LogP contribution in [-0.2, 0) is 9.63 Å². The van der Waals surface area contributed by atoms with Crippen molar-refractivity contribution in [3.8, 4) is 0 Å². The Labute approximate surface area is 102 Å². The van der Waals surface area contributed by atoms with E-state index in [1.54, 1.807) is 4.90 Å². The molecule has 1 atom stereocenters. The predicted octanol–water partition coefficient (Wildman–Crippen LogP) is 0.553. The number of carbonyl (C=O) groups is 1. The second kappa shape index (κ2) is 5.40. The first-order valence-corrected chi connectivity index (χ1v) is 6.36. The van der Waals surface area contributed by atoms with Crippen LogP contribution in [0.2, 0.25) is 0 Å². The summed E-state index contributed by atoms with van der Waals surface area (Å²) in [6.07, 6.45) is 3.28. The van der Waals surface area contributed by atoms with Gasteiger partial charge >= 0.3 is 0 Å². The normalized spacial score (nSPS) is 21.6. The van der Waals surface area contributed by atoms with Gasteiger partial charge in [0.1, 0.15) is 0 Å². The highest BCUT2D eigenvalue weighted by Gasteiger charge is 2.30. The fourth-order valence-electron chi connectivity index (χ4n) is 2.42. The number of nitrogens with zero attached hydrogens (tertiary/aromatic N) is 2. The highest BCUT2D eigenvalue weighted by atomic mass is 16.6. The van der Waals surface area contributed by atoms with E-state index >= 15 is 0 Å². The molecule has 2 heterocycles. The molecule has 5 heteroatoms. The lowest BCUT2D eigenvalue weighted by Gasteiger charge is -2.19. The van der Waals surface area contributed by atoms with Crippen LogP contribution < -0.4 is 5.48 Å². The van der Waals surface area contributed by atoms with E-state index < -0.39 is 0 Å². The van der Waals surface area contributed by atoms with Crippen molar-refractivity contribution in [1.82, 2.24) is 15.3 Å². The first-order valence-electron chi connectivity index (χ1n) is 6.36. The van der Waals surface area contributed by atoms with Gasteiger partial charge in [-0.2, -0.15) is 0 Å². The lowest BCUT2D eigenvalue weighted by molar-refractivity contribution is -0.138. The molecule has 2 bridgehead atoms. The molecular formula is C12H21N3O2. The number of likely N-dealkylation sites (N-methyl/N-ethyl adjacent to an activating group) is 1. The molecule has 0 saturated carbocycles. The van der Waals surface area contributed by atoms with Crippen LogP contribution in [0, 0.1) is 5.92 Å². The van der Waals surface area contributed by atoms with E-state index in [1.165, 1.54) is 6.42 Å². The molecule has 0 aromatic rings. The average Bonchev–Trinajstić information content (AvgIpc) is 2.92. The zero-order valence-electron chi connectivity index (χ0n) is 10.6. The molecule has 96 valence electrons. The van der Waals surface area contributed by atoms with Gasteiger partial charge in [0, 0.05) is 38.3 Å². The van der Waals surface area contributed by atoms with Crippen LogP contribution in [0.1, 0.15) is 20.3 Å². The number of nitrogens with one attached hydrogen (secondary N) is 1. The Morgan fingerprint density at radius 2 is 2.35 bits per heavy atom. The fourth-order valence-corrected chi connectivity index (χ4v) is 2.42. The first-order chi connectivity index (χ1) is 8.24. The van der Waals surface area contributed by atoms with Crippen LogP contribution in [-0.4, -0.2) is 48.5 Å². The molecule has 1 N–H and O–H groups in total. The summed E-state index contributed by atoms with van der Waals surface area (Å²) in [5, 5.41) is 0. The largest absolute Gasteiger partial charge is 0.375 e. The number of rotatable bonds is 6. The molecular weight excluding hydrogens is 218 g/mol. The smallest absolute Gasteiger partial charge is 0.251 e. The van der Waals surface area contributed by atoms with E-state index in [9.17, 15) is 4.79 Å². The minimum Gasteiger partial charge on any atom is -0.375 e. The summed E-state index contributed by atoms with van der Waals surface area (Å²) in [4.78, 5) is 21.0. The fraction of sp³-hybridized carbons (Fsp3) is 0.750. The van der Waals surface area contributed by atoms with Crippen molar-refractivity contribution in [1.29, 1.82) is 0 Å². The maximum atomic E-state index is 11.7. The van der Waals surface area contributed by atoms with Crippen molar-refractivity contribution < 1.29 is 9.63 Å². The maximum Gasteiger partial charge on any atom is 0.251 e. The van der Waals surface area contributed by atoms with E-state index in [1.807, 2.05) is 13.8 Å². The molecule has 0 radical (unpaired) electrons. The van der Waals surface area contributed by atoms with E-state index in [0.717, 1.165) is 31.9 Å². The van der Waals surface area contributed by atoms with Crippen molar-refractivity contribution >= 4 is 5.91 Å². The molecule has 0 aliphatic carbocycles. The summed E-state index contributed by atoms with van der Waals surface area (Å²) >= 11 is 0. The molecule has 1 saturated heterocycles. The van der Waals surface area contributed by atoms with Gasteiger partial charge in [0.25, 0.3) is 5.91 Å². The number of amides is 1. The van der Waals surface area contributed by atoms with Crippen molar-refractivity contribution in [2.45, 2.75) is 20.3 Å². The van der Waals surface area contributed by atoms with Crippen LogP contribution in [0.25, 0.3) is 0 Å². The van der Waals surface area contributed by atoms with E-state index in [0.29, 0.717) is 5.92 Å². The Hall–Kier alpha value is -1.23. The van der Waals surface area contributed by atoms with Crippen molar-refractivity contribution in [2.24, 2.45) is 5.92 Å². The summed E-state index contributed by atoms with van der Waals surface area (Å²) in [6, 6.07) is 0. The molecule has 17 heavy (non-hydrogen) atoms. The average molecular weight is 239 g/mol. The number of hydrogen-bond acceptors (Lipinski definition) is 4. The van der Waals surface area contributed by atoms with Gasteiger partial charge in [-0.15, -0.1) is 0 Å². The Morgan fingerprint density at radius 3 is 2.88 bits per heavy atom. The number of hydrogen-bond donors (Lipinski definition) is 1. The second-order valence-corrected chi connectivity index (χ2v) is 4.52. The van der Waals surface area contributed by atoms with E-state index in [2.05, 4.69) is 16.6 Å². The summed E-state index contributed by atoms with van der Waals surface area (Å²) in [5.74, 6) is 0.602. The maximum absolute atomic E-state index is 11.7. The van der Waals surface area contributed by atoms with Gasteiger partial charge < -0.3 is 9.80 Å². The lowest BCUT2D eigenvalue weighted by atomic mass is 10.1. The van der Waals surface area contributed by atoms with Crippen LogP contribution in [0.15, 0.2) is 11.9 Å². The van der Waals surface area contributed by atoms with Crippen LogP contribution in [0.3, 0.4) is 0 Å². The molecule has 2 aliphatic rings. The molecule has 0 spiro atoms. The van der Waals surface area contributed by atoms with Crippen LogP contribution >= 0.6 is 0 Å². The summed E-state index contributed by atoms with van der Waals surface area (Å²) in [7, 11) is 0. The minimum absolute atomic E-state index is 0.0339. The second-order valence-electron chi connectivity index (χ2n) is 4.52. The Bertz CT molecular complexity index is 313. The first kappa shape index (κ1) is 12.2. The molecule has 2 rings (SSSR count). The third-order valence-corrected chi connectivity index (χ3v) is 3.48. The summed E-state index contributed by atoms with van der Waals surface area (Å²) in [5.41, 5.74) is 4.03. The number of hydroxylamine groups is 1. The quantitative estimate of drug-likeness (QED) is 0.688. The highest BCUT2D eigenvalue weighted by molar-refractivity contribution is 5.77.